The number of nitrogens with zero attached hydrogens (tertiary/aromatic N) is 1. The highest BCUT2D eigenvalue weighted by Crippen LogP contribution is 2.26. The van der Waals surface area contributed by atoms with Crippen LogP contribution in [-0.2, 0) is 6.54 Å². The van der Waals surface area contributed by atoms with Crippen LogP contribution in [-0.4, -0.2) is 36.2 Å². The SMILES string of the molecule is CN(CCOc1ccccc1C(=O)O)Cc1csc2ccccc12. The molecule has 24 heavy (non-hydrogen) atoms. The molecular formula is C19H19NO3S. The maximum atomic E-state index is 11.2. The van der Waals surface area contributed by atoms with Crippen molar-refractivity contribution in [3.05, 3.63) is 65.0 Å². The third-order valence-corrected chi connectivity index (χ3v) is 4.86. The van der Waals surface area contributed by atoms with E-state index in [2.05, 4.69) is 34.5 Å². The lowest BCUT2D eigenvalue weighted by atomic mass is 10.2. The first-order valence-electron chi connectivity index (χ1n) is 7.74. The van der Waals surface area contributed by atoms with E-state index in [-0.39, 0.29) is 5.56 Å². The molecule has 0 atom stereocenters. The molecular weight excluding hydrogens is 322 g/mol. The maximum absolute atomic E-state index is 11.2. The molecule has 2 aromatic carbocycles. The molecule has 0 aliphatic rings. The quantitative estimate of drug-likeness (QED) is 0.702. The topological polar surface area (TPSA) is 49.8 Å². The summed E-state index contributed by atoms with van der Waals surface area (Å²) in [5.41, 5.74) is 1.51. The lowest BCUT2D eigenvalue weighted by molar-refractivity contribution is 0.0691. The Balaban J connectivity index is 1.57. The van der Waals surface area contributed by atoms with E-state index in [1.54, 1.807) is 35.6 Å². The minimum Gasteiger partial charge on any atom is -0.491 e. The van der Waals surface area contributed by atoms with Gasteiger partial charge >= 0.3 is 5.97 Å². The zero-order valence-electron chi connectivity index (χ0n) is 13.4. The zero-order valence-corrected chi connectivity index (χ0v) is 14.3. The van der Waals surface area contributed by atoms with Crippen molar-refractivity contribution in [3.63, 3.8) is 0 Å². The smallest absolute Gasteiger partial charge is 0.339 e. The Morgan fingerprint density at radius 2 is 1.92 bits per heavy atom. The number of likely N-dealkylation sites (N-methyl/N-ethyl adjacent to an activating group) is 1. The number of carbonyl (C=O) groups is 1. The molecule has 4 nitrogen and oxygen atoms in total. The third-order valence-electron chi connectivity index (χ3n) is 3.85. The van der Waals surface area contributed by atoms with Crippen LogP contribution in [0.3, 0.4) is 0 Å². The van der Waals surface area contributed by atoms with E-state index in [9.17, 15) is 4.79 Å². The first-order valence-corrected chi connectivity index (χ1v) is 8.62. The van der Waals surface area contributed by atoms with E-state index < -0.39 is 5.97 Å². The molecule has 0 radical (unpaired) electrons. The minimum absolute atomic E-state index is 0.198. The Hall–Kier alpha value is -2.37. The van der Waals surface area contributed by atoms with Crippen LogP contribution in [0.1, 0.15) is 15.9 Å². The second-order valence-electron chi connectivity index (χ2n) is 5.64. The van der Waals surface area contributed by atoms with E-state index in [4.69, 9.17) is 9.84 Å². The normalized spacial score (nSPS) is 11.1. The van der Waals surface area contributed by atoms with Crippen molar-refractivity contribution in [1.29, 1.82) is 0 Å². The summed E-state index contributed by atoms with van der Waals surface area (Å²) >= 11 is 1.76. The number of hydrogen-bond acceptors (Lipinski definition) is 4. The molecule has 0 aliphatic heterocycles. The van der Waals surface area contributed by atoms with Gasteiger partial charge in [-0.25, -0.2) is 4.79 Å². The largest absolute Gasteiger partial charge is 0.491 e. The second-order valence-corrected chi connectivity index (χ2v) is 6.56. The van der Waals surface area contributed by atoms with Gasteiger partial charge in [0.25, 0.3) is 0 Å². The van der Waals surface area contributed by atoms with Crippen molar-refractivity contribution in [2.45, 2.75) is 6.54 Å². The minimum atomic E-state index is -0.969. The molecule has 5 heteroatoms. The number of carboxylic acid groups (broad SMARTS) is 1. The molecule has 0 saturated carbocycles. The van der Waals surface area contributed by atoms with Crippen molar-refractivity contribution >= 4 is 27.4 Å². The molecule has 3 rings (SSSR count). The van der Waals surface area contributed by atoms with Gasteiger partial charge in [-0.2, -0.15) is 0 Å². The Kier molecular flexibility index (Phi) is 5.13. The van der Waals surface area contributed by atoms with E-state index >= 15 is 0 Å². The van der Waals surface area contributed by atoms with Crippen LogP contribution in [0.5, 0.6) is 5.75 Å². The fourth-order valence-corrected chi connectivity index (χ4v) is 3.56. The lowest BCUT2D eigenvalue weighted by Gasteiger charge is -2.17. The predicted octanol–water partition coefficient (Wildman–Crippen LogP) is 4.11. The van der Waals surface area contributed by atoms with Crippen LogP contribution in [0, 0.1) is 0 Å². The van der Waals surface area contributed by atoms with E-state index in [1.807, 2.05) is 7.05 Å². The number of benzene rings is 2. The average Bonchev–Trinajstić information content (AvgIpc) is 2.98. The fourth-order valence-electron chi connectivity index (χ4n) is 2.61. The van der Waals surface area contributed by atoms with Crippen molar-refractivity contribution in [1.82, 2.24) is 4.90 Å². The molecule has 0 aliphatic carbocycles. The fraction of sp³-hybridized carbons (Fsp3) is 0.211. The molecule has 1 heterocycles. The molecule has 1 aromatic heterocycles. The monoisotopic (exact) mass is 341 g/mol. The first kappa shape index (κ1) is 16.5. The number of rotatable bonds is 7. The van der Waals surface area contributed by atoms with E-state index in [1.165, 1.54) is 15.6 Å². The standard InChI is InChI=1S/C19H19NO3S/c1-20(12-14-13-24-18-9-5-3-6-15(14)18)10-11-23-17-8-4-2-7-16(17)19(21)22/h2-9,13H,10-12H2,1H3,(H,21,22). The predicted molar refractivity (Wildman–Crippen MR) is 97.1 cm³/mol. The zero-order chi connectivity index (χ0) is 16.9. The van der Waals surface area contributed by atoms with Crippen LogP contribution < -0.4 is 4.74 Å². The van der Waals surface area contributed by atoms with Crippen molar-refractivity contribution < 1.29 is 14.6 Å². The van der Waals surface area contributed by atoms with Gasteiger partial charge in [0.05, 0.1) is 0 Å². The van der Waals surface area contributed by atoms with Gasteiger partial charge in [0.15, 0.2) is 0 Å². The Morgan fingerprint density at radius 1 is 1.17 bits per heavy atom. The summed E-state index contributed by atoms with van der Waals surface area (Å²) in [5.74, 6) is -0.553. The summed E-state index contributed by atoms with van der Waals surface area (Å²) < 4.78 is 6.95. The number of ether oxygens (including phenoxy) is 1. The summed E-state index contributed by atoms with van der Waals surface area (Å²) in [6, 6.07) is 15.1. The number of hydrogen-bond donors (Lipinski definition) is 1. The maximum Gasteiger partial charge on any atom is 0.339 e. The summed E-state index contributed by atoms with van der Waals surface area (Å²) in [6.07, 6.45) is 0. The Labute approximate surface area is 144 Å². The number of aromatic carboxylic acids is 1. The van der Waals surface area contributed by atoms with Crippen molar-refractivity contribution in [3.8, 4) is 5.75 Å². The van der Waals surface area contributed by atoms with Gasteiger partial charge < -0.3 is 9.84 Å². The summed E-state index contributed by atoms with van der Waals surface area (Å²) in [4.78, 5) is 13.3. The molecule has 0 amide bonds. The van der Waals surface area contributed by atoms with E-state index in [0.717, 1.165) is 13.1 Å². The highest BCUT2D eigenvalue weighted by Gasteiger charge is 2.11. The Bertz CT molecular complexity index is 843. The molecule has 0 fully saturated rings. The molecule has 124 valence electrons. The van der Waals surface area contributed by atoms with Crippen molar-refractivity contribution in [2.75, 3.05) is 20.2 Å². The van der Waals surface area contributed by atoms with E-state index in [0.29, 0.717) is 12.4 Å². The van der Waals surface area contributed by atoms with Gasteiger partial charge in [-0.3, -0.25) is 4.90 Å². The Morgan fingerprint density at radius 3 is 2.75 bits per heavy atom. The van der Waals surface area contributed by atoms with Gasteiger partial charge in [0, 0.05) is 17.8 Å². The summed E-state index contributed by atoms with van der Waals surface area (Å²) in [6.45, 7) is 2.01. The molecule has 3 aromatic rings. The summed E-state index contributed by atoms with van der Waals surface area (Å²) in [5, 5.41) is 12.7. The van der Waals surface area contributed by atoms with Gasteiger partial charge in [-0.15, -0.1) is 11.3 Å². The van der Waals surface area contributed by atoms with Crippen LogP contribution in [0.25, 0.3) is 10.1 Å². The van der Waals surface area contributed by atoms with Gasteiger partial charge in [0.2, 0.25) is 0 Å². The second kappa shape index (κ2) is 7.47. The molecule has 0 unspecified atom stereocenters. The molecule has 0 saturated heterocycles. The van der Waals surface area contributed by atoms with Crippen molar-refractivity contribution in [2.24, 2.45) is 0 Å². The molecule has 0 bridgehead atoms. The van der Waals surface area contributed by atoms with Crippen LogP contribution in [0.15, 0.2) is 53.9 Å². The highest BCUT2D eigenvalue weighted by atomic mass is 32.1. The number of fused-ring (bicyclic) bond motifs is 1. The van der Waals surface area contributed by atoms with Crippen LogP contribution >= 0.6 is 11.3 Å². The van der Waals surface area contributed by atoms with Gasteiger partial charge in [-0.1, -0.05) is 30.3 Å². The van der Waals surface area contributed by atoms with Gasteiger partial charge in [0.1, 0.15) is 17.9 Å². The van der Waals surface area contributed by atoms with Crippen LogP contribution in [0.4, 0.5) is 0 Å². The highest BCUT2D eigenvalue weighted by molar-refractivity contribution is 7.17. The lowest BCUT2D eigenvalue weighted by Crippen LogP contribution is -2.24. The number of thiophene rings is 1. The molecule has 1 N–H and O–H groups in total. The first-order chi connectivity index (χ1) is 11.6. The van der Waals surface area contributed by atoms with Crippen LogP contribution in [0.2, 0.25) is 0 Å². The molecule has 0 spiro atoms. The number of carboxylic acids is 1. The number of para-hydroxylation sites is 1. The van der Waals surface area contributed by atoms with Gasteiger partial charge in [-0.05, 0) is 41.6 Å². The summed E-state index contributed by atoms with van der Waals surface area (Å²) in [7, 11) is 2.04. The average molecular weight is 341 g/mol. The third kappa shape index (κ3) is 3.75.